The predicted molar refractivity (Wildman–Crippen MR) is 162 cm³/mol. The van der Waals surface area contributed by atoms with Crippen LogP contribution in [0.1, 0.15) is 76.2 Å². The number of ketones is 1. The Morgan fingerprint density at radius 3 is 1.90 bits per heavy atom. The number of fused-ring (bicyclic) bond motifs is 1. The van der Waals surface area contributed by atoms with Crippen molar-refractivity contribution < 1.29 is 24.3 Å². The molecule has 0 aliphatic carbocycles. The molecule has 2 amide bonds. The van der Waals surface area contributed by atoms with Gasteiger partial charge in [-0.15, -0.1) is 0 Å². The molecule has 0 bridgehead atoms. The van der Waals surface area contributed by atoms with Crippen LogP contribution in [-0.2, 0) is 4.79 Å². The molecule has 7 heteroatoms. The number of rotatable bonds is 13. The van der Waals surface area contributed by atoms with Gasteiger partial charge in [0.1, 0.15) is 0 Å². The second-order valence-corrected chi connectivity index (χ2v) is 10.5. The van der Waals surface area contributed by atoms with Crippen LogP contribution in [0.15, 0.2) is 72.8 Å². The van der Waals surface area contributed by atoms with Crippen molar-refractivity contribution in [3.63, 3.8) is 0 Å². The Hall–Kier alpha value is -4.54. The van der Waals surface area contributed by atoms with Crippen LogP contribution >= 0.6 is 0 Å². The van der Waals surface area contributed by atoms with Crippen LogP contribution < -0.4 is 0 Å². The molecule has 0 aromatic heterocycles. The minimum Gasteiger partial charge on any atom is -0.481 e. The number of Topliss-reactive ketones (excluding diaryl/α,β-unsaturated/α-hetero) is 1. The first-order chi connectivity index (χ1) is 20.3. The van der Waals surface area contributed by atoms with Crippen molar-refractivity contribution in [3.8, 4) is 23.0 Å². The highest BCUT2D eigenvalue weighted by molar-refractivity contribution is 6.21. The number of nitrogens with zero attached hydrogens (tertiary/aromatic N) is 2. The third-order valence-corrected chi connectivity index (χ3v) is 7.40. The third-order valence-electron chi connectivity index (χ3n) is 7.40. The van der Waals surface area contributed by atoms with Gasteiger partial charge in [-0.2, -0.15) is 0 Å². The molecule has 1 aliphatic rings. The van der Waals surface area contributed by atoms with E-state index in [0.717, 1.165) is 54.1 Å². The van der Waals surface area contributed by atoms with Crippen LogP contribution in [0.3, 0.4) is 0 Å². The maximum Gasteiger partial charge on any atom is 0.307 e. The number of benzene rings is 3. The van der Waals surface area contributed by atoms with E-state index in [1.54, 1.807) is 36.4 Å². The van der Waals surface area contributed by atoms with E-state index in [9.17, 15) is 24.3 Å². The lowest BCUT2D eigenvalue weighted by atomic mass is 9.94. The number of carbonyl (C=O) groups excluding carboxylic acids is 3. The zero-order valence-corrected chi connectivity index (χ0v) is 24.1. The summed E-state index contributed by atoms with van der Waals surface area (Å²) in [5.74, 6) is 3.17. The van der Waals surface area contributed by atoms with E-state index in [4.69, 9.17) is 0 Å². The number of carboxylic acid groups (broad SMARTS) is 1. The van der Waals surface area contributed by atoms with Gasteiger partial charge in [-0.05, 0) is 67.7 Å². The number of aliphatic carboxylic acids is 1. The summed E-state index contributed by atoms with van der Waals surface area (Å²) in [5, 5.41) is 9.74. The summed E-state index contributed by atoms with van der Waals surface area (Å²) in [6.07, 6.45) is 1.99. The topological polar surface area (TPSA) is 95.0 Å². The molecule has 3 aromatic rings. The highest BCUT2D eigenvalue weighted by atomic mass is 16.4. The SMILES string of the molecule is CCCN(CC#Cc1ccc(-c2ccc(C(=O)CC(CCN3C(=O)c4ccccc4C3=O)C(=O)O)cc2)cc1)CCC. The van der Waals surface area contributed by atoms with Crippen LogP contribution in [0.5, 0.6) is 0 Å². The predicted octanol–water partition coefficient (Wildman–Crippen LogP) is 5.79. The number of carboxylic acids is 1. The molecule has 0 saturated carbocycles. The fraction of sp³-hybridized carbons (Fsp3) is 0.314. The summed E-state index contributed by atoms with van der Waals surface area (Å²) in [7, 11) is 0. The van der Waals surface area contributed by atoms with E-state index in [2.05, 4.69) is 30.6 Å². The maximum absolute atomic E-state index is 13.0. The Kier molecular flexibility index (Phi) is 10.4. The number of hydrogen-bond donors (Lipinski definition) is 1. The summed E-state index contributed by atoms with van der Waals surface area (Å²) >= 11 is 0. The van der Waals surface area contributed by atoms with Crippen LogP contribution in [0.25, 0.3) is 11.1 Å². The Labute approximate surface area is 247 Å². The number of hydrogen-bond acceptors (Lipinski definition) is 5. The fourth-order valence-electron chi connectivity index (χ4n) is 5.13. The van der Waals surface area contributed by atoms with Gasteiger partial charge in [0.25, 0.3) is 11.8 Å². The Morgan fingerprint density at radius 2 is 1.38 bits per heavy atom. The minimum absolute atomic E-state index is 0.00486. The molecular weight excluding hydrogens is 528 g/mol. The quantitative estimate of drug-likeness (QED) is 0.161. The Balaban J connectivity index is 1.34. The van der Waals surface area contributed by atoms with Crippen LogP contribution in [0.2, 0.25) is 0 Å². The second kappa shape index (κ2) is 14.4. The zero-order valence-electron chi connectivity index (χ0n) is 24.1. The van der Waals surface area contributed by atoms with Crippen molar-refractivity contribution in [1.29, 1.82) is 0 Å². The summed E-state index contributed by atoms with van der Waals surface area (Å²) in [6, 6.07) is 21.6. The van der Waals surface area contributed by atoms with Gasteiger partial charge in [0.05, 0.1) is 23.6 Å². The molecule has 0 radical (unpaired) electrons. The van der Waals surface area contributed by atoms with E-state index in [1.165, 1.54) is 0 Å². The van der Waals surface area contributed by atoms with Gasteiger partial charge < -0.3 is 5.11 Å². The summed E-state index contributed by atoms with van der Waals surface area (Å²) in [6.45, 7) is 7.14. The molecule has 1 heterocycles. The summed E-state index contributed by atoms with van der Waals surface area (Å²) in [5.41, 5.74) is 3.91. The molecule has 4 rings (SSSR count). The first kappa shape index (κ1) is 30.4. The molecule has 1 atom stereocenters. The maximum atomic E-state index is 13.0. The molecule has 0 saturated heterocycles. The summed E-state index contributed by atoms with van der Waals surface area (Å²) < 4.78 is 0. The molecule has 1 N–H and O–H groups in total. The van der Waals surface area contributed by atoms with Crippen molar-refractivity contribution in [2.24, 2.45) is 5.92 Å². The van der Waals surface area contributed by atoms with Gasteiger partial charge in [0.2, 0.25) is 0 Å². The molecule has 216 valence electrons. The average molecular weight is 565 g/mol. The van der Waals surface area contributed by atoms with Gasteiger partial charge in [0.15, 0.2) is 5.78 Å². The van der Waals surface area contributed by atoms with Crippen LogP contribution in [0.4, 0.5) is 0 Å². The van der Waals surface area contributed by atoms with E-state index >= 15 is 0 Å². The third kappa shape index (κ3) is 7.39. The van der Waals surface area contributed by atoms with Gasteiger partial charge in [-0.1, -0.05) is 74.2 Å². The molecule has 42 heavy (non-hydrogen) atoms. The highest BCUT2D eigenvalue weighted by Crippen LogP contribution is 2.25. The Bertz CT molecular complexity index is 1460. The standard InChI is InChI=1S/C35H36N2O5/c1-3-20-36(21-4-2)22-7-8-25-11-13-26(14-12-25)27-15-17-28(18-16-27)32(38)24-29(35(41)42)19-23-37-33(39)30-9-5-6-10-31(30)34(37)40/h5-6,9-18,29H,3-4,19-24H2,1-2H3,(H,41,42). The van der Waals surface area contributed by atoms with E-state index in [0.29, 0.717) is 16.7 Å². The summed E-state index contributed by atoms with van der Waals surface area (Å²) in [4.78, 5) is 53.5. The lowest BCUT2D eigenvalue weighted by molar-refractivity contribution is -0.142. The van der Waals surface area contributed by atoms with Crippen molar-refractivity contribution >= 4 is 23.6 Å². The average Bonchev–Trinajstić information content (AvgIpc) is 3.24. The normalized spacial score (nSPS) is 13.1. The van der Waals surface area contributed by atoms with E-state index < -0.39 is 23.7 Å². The van der Waals surface area contributed by atoms with Crippen molar-refractivity contribution in [2.75, 3.05) is 26.2 Å². The molecule has 0 fully saturated rings. The second-order valence-electron chi connectivity index (χ2n) is 10.5. The smallest absolute Gasteiger partial charge is 0.307 e. The fourth-order valence-corrected chi connectivity index (χ4v) is 5.13. The molecule has 1 unspecified atom stereocenters. The molecular formula is C35H36N2O5. The van der Waals surface area contributed by atoms with Crippen molar-refractivity contribution in [1.82, 2.24) is 9.80 Å². The monoisotopic (exact) mass is 564 g/mol. The highest BCUT2D eigenvalue weighted by Gasteiger charge is 2.36. The van der Waals surface area contributed by atoms with Crippen molar-refractivity contribution in [3.05, 3.63) is 95.1 Å². The molecule has 7 nitrogen and oxygen atoms in total. The first-order valence-corrected chi connectivity index (χ1v) is 14.4. The minimum atomic E-state index is -1.14. The Morgan fingerprint density at radius 1 is 0.833 bits per heavy atom. The molecule has 0 spiro atoms. The van der Waals surface area contributed by atoms with Crippen molar-refractivity contribution in [2.45, 2.75) is 39.5 Å². The van der Waals surface area contributed by atoms with Gasteiger partial charge in [0, 0.05) is 24.1 Å². The number of carbonyl (C=O) groups is 4. The zero-order chi connectivity index (χ0) is 30.1. The van der Waals surface area contributed by atoms with E-state index in [1.807, 2.05) is 36.4 Å². The van der Waals surface area contributed by atoms with Gasteiger partial charge in [-0.25, -0.2) is 0 Å². The molecule has 1 aliphatic heterocycles. The molecule has 3 aromatic carbocycles. The lowest BCUT2D eigenvalue weighted by Gasteiger charge is -2.17. The number of amides is 2. The van der Waals surface area contributed by atoms with Crippen LogP contribution in [-0.4, -0.2) is 64.7 Å². The van der Waals surface area contributed by atoms with Gasteiger partial charge >= 0.3 is 5.97 Å². The number of imide groups is 1. The van der Waals surface area contributed by atoms with E-state index in [-0.39, 0.29) is 25.2 Å². The first-order valence-electron chi connectivity index (χ1n) is 14.4. The largest absolute Gasteiger partial charge is 0.481 e. The lowest BCUT2D eigenvalue weighted by Crippen LogP contribution is -2.33. The van der Waals surface area contributed by atoms with Gasteiger partial charge in [-0.3, -0.25) is 29.0 Å². The van der Waals surface area contributed by atoms with Crippen LogP contribution in [0, 0.1) is 17.8 Å².